The zero-order chi connectivity index (χ0) is 16.8. The molecule has 0 spiro atoms. The second-order valence-electron chi connectivity index (χ2n) is 6.54. The van der Waals surface area contributed by atoms with Gasteiger partial charge in [-0.2, -0.15) is 5.10 Å². The predicted octanol–water partition coefficient (Wildman–Crippen LogP) is 2.25. The molecule has 3 rings (SSSR count). The molecule has 0 bridgehead atoms. The van der Waals surface area contributed by atoms with E-state index in [9.17, 15) is 4.79 Å². The lowest BCUT2D eigenvalue weighted by Gasteiger charge is -2.33. The Morgan fingerprint density at radius 2 is 2.12 bits per heavy atom. The summed E-state index contributed by atoms with van der Waals surface area (Å²) in [5.74, 6) is -0.0221. The van der Waals surface area contributed by atoms with E-state index in [-0.39, 0.29) is 11.9 Å². The first-order valence-electron chi connectivity index (χ1n) is 8.77. The van der Waals surface area contributed by atoms with E-state index in [1.165, 1.54) is 5.56 Å². The number of piperidine rings is 1. The SMILES string of the molecule is Cn1nccc1C(=O)N[C@H]1CCCN(CCCc2ccccc2)C1. The van der Waals surface area contributed by atoms with Crippen molar-refractivity contribution in [3.8, 4) is 0 Å². The van der Waals surface area contributed by atoms with Gasteiger partial charge >= 0.3 is 0 Å². The van der Waals surface area contributed by atoms with Gasteiger partial charge in [0.25, 0.3) is 5.91 Å². The molecule has 1 amide bonds. The average Bonchev–Trinajstić information content (AvgIpc) is 3.02. The fourth-order valence-corrected chi connectivity index (χ4v) is 3.38. The highest BCUT2D eigenvalue weighted by Gasteiger charge is 2.22. The molecule has 1 aliphatic heterocycles. The van der Waals surface area contributed by atoms with Crippen molar-refractivity contribution in [2.45, 2.75) is 31.7 Å². The largest absolute Gasteiger partial charge is 0.347 e. The van der Waals surface area contributed by atoms with Crippen LogP contribution in [0.3, 0.4) is 0 Å². The van der Waals surface area contributed by atoms with E-state index in [0.717, 1.165) is 45.3 Å². The smallest absolute Gasteiger partial charge is 0.269 e. The molecular weight excluding hydrogens is 300 g/mol. The van der Waals surface area contributed by atoms with Crippen LogP contribution in [0.5, 0.6) is 0 Å². The Morgan fingerprint density at radius 3 is 2.88 bits per heavy atom. The van der Waals surface area contributed by atoms with E-state index in [0.29, 0.717) is 5.69 Å². The molecule has 0 aliphatic carbocycles. The van der Waals surface area contributed by atoms with Gasteiger partial charge < -0.3 is 10.2 Å². The molecule has 1 N–H and O–H groups in total. The van der Waals surface area contributed by atoms with Crippen LogP contribution in [0.4, 0.5) is 0 Å². The van der Waals surface area contributed by atoms with Crippen LogP contribution in [0.15, 0.2) is 42.6 Å². The summed E-state index contributed by atoms with van der Waals surface area (Å²) in [6.07, 6.45) is 6.13. The van der Waals surface area contributed by atoms with Gasteiger partial charge in [0.15, 0.2) is 0 Å². The molecular formula is C19H26N4O. The van der Waals surface area contributed by atoms with Crippen molar-refractivity contribution < 1.29 is 4.79 Å². The molecule has 0 radical (unpaired) electrons. The Morgan fingerprint density at radius 1 is 1.29 bits per heavy atom. The van der Waals surface area contributed by atoms with Gasteiger partial charge in [-0.05, 0) is 50.4 Å². The lowest BCUT2D eigenvalue weighted by atomic mass is 10.0. The molecule has 1 saturated heterocycles. The van der Waals surface area contributed by atoms with Crippen molar-refractivity contribution in [1.29, 1.82) is 0 Å². The lowest BCUT2D eigenvalue weighted by molar-refractivity contribution is 0.0894. The molecule has 1 aliphatic rings. The maximum atomic E-state index is 12.3. The highest BCUT2D eigenvalue weighted by Crippen LogP contribution is 2.12. The molecule has 2 aromatic rings. The van der Waals surface area contributed by atoms with Crippen LogP contribution in [-0.4, -0.2) is 46.3 Å². The first kappa shape index (κ1) is 16.7. The van der Waals surface area contributed by atoms with Crippen molar-refractivity contribution in [3.63, 3.8) is 0 Å². The molecule has 1 atom stereocenters. The number of aromatic nitrogens is 2. The number of rotatable bonds is 6. The molecule has 128 valence electrons. The summed E-state index contributed by atoms with van der Waals surface area (Å²) in [5, 5.41) is 7.22. The summed E-state index contributed by atoms with van der Waals surface area (Å²) >= 11 is 0. The van der Waals surface area contributed by atoms with Gasteiger partial charge in [-0.1, -0.05) is 30.3 Å². The van der Waals surface area contributed by atoms with Crippen molar-refractivity contribution in [1.82, 2.24) is 20.0 Å². The van der Waals surface area contributed by atoms with Gasteiger partial charge in [-0.25, -0.2) is 0 Å². The number of hydrogen-bond acceptors (Lipinski definition) is 3. The van der Waals surface area contributed by atoms with Gasteiger partial charge in [0.05, 0.1) is 0 Å². The maximum absolute atomic E-state index is 12.3. The minimum atomic E-state index is -0.0221. The van der Waals surface area contributed by atoms with E-state index < -0.39 is 0 Å². The van der Waals surface area contributed by atoms with Crippen molar-refractivity contribution in [2.24, 2.45) is 7.05 Å². The van der Waals surface area contributed by atoms with Crippen LogP contribution < -0.4 is 5.32 Å². The second-order valence-corrected chi connectivity index (χ2v) is 6.54. The van der Waals surface area contributed by atoms with Crippen molar-refractivity contribution in [2.75, 3.05) is 19.6 Å². The summed E-state index contributed by atoms with van der Waals surface area (Å²) < 4.78 is 1.62. The van der Waals surface area contributed by atoms with Crippen molar-refractivity contribution >= 4 is 5.91 Å². The third-order valence-electron chi connectivity index (χ3n) is 4.68. The number of benzene rings is 1. The van der Waals surface area contributed by atoms with Crippen LogP contribution in [-0.2, 0) is 13.5 Å². The minimum absolute atomic E-state index is 0.0221. The molecule has 1 fully saturated rings. The summed E-state index contributed by atoms with van der Waals surface area (Å²) in [7, 11) is 1.80. The van der Waals surface area contributed by atoms with E-state index in [1.54, 1.807) is 24.0 Å². The zero-order valence-electron chi connectivity index (χ0n) is 14.3. The zero-order valence-corrected chi connectivity index (χ0v) is 14.3. The van der Waals surface area contributed by atoms with Crippen molar-refractivity contribution in [3.05, 3.63) is 53.9 Å². The Balaban J connectivity index is 1.44. The molecule has 1 aromatic carbocycles. The van der Waals surface area contributed by atoms with Crippen LogP contribution >= 0.6 is 0 Å². The predicted molar refractivity (Wildman–Crippen MR) is 94.9 cm³/mol. The number of nitrogens with zero attached hydrogens (tertiary/aromatic N) is 3. The lowest BCUT2D eigenvalue weighted by Crippen LogP contribution is -2.48. The van der Waals surface area contributed by atoms with Crippen LogP contribution in [0.1, 0.15) is 35.3 Å². The molecule has 5 heteroatoms. The fraction of sp³-hybridized carbons (Fsp3) is 0.474. The van der Waals surface area contributed by atoms with Gasteiger partial charge in [0, 0.05) is 25.8 Å². The van der Waals surface area contributed by atoms with E-state index in [2.05, 4.69) is 45.6 Å². The summed E-state index contributed by atoms with van der Waals surface area (Å²) in [6, 6.07) is 12.6. The fourth-order valence-electron chi connectivity index (χ4n) is 3.38. The van der Waals surface area contributed by atoms with E-state index in [4.69, 9.17) is 0 Å². The maximum Gasteiger partial charge on any atom is 0.269 e. The Kier molecular flexibility index (Phi) is 5.64. The number of carbonyl (C=O) groups is 1. The van der Waals surface area contributed by atoms with E-state index in [1.807, 2.05) is 0 Å². The highest BCUT2D eigenvalue weighted by molar-refractivity contribution is 5.92. The third-order valence-corrected chi connectivity index (χ3v) is 4.68. The quantitative estimate of drug-likeness (QED) is 0.886. The highest BCUT2D eigenvalue weighted by atomic mass is 16.2. The number of aryl methyl sites for hydroxylation is 2. The Hall–Kier alpha value is -2.14. The molecule has 0 saturated carbocycles. The number of nitrogens with one attached hydrogen (secondary N) is 1. The number of hydrogen-bond donors (Lipinski definition) is 1. The molecule has 1 aromatic heterocycles. The number of carbonyl (C=O) groups excluding carboxylic acids is 1. The first-order chi connectivity index (χ1) is 11.7. The monoisotopic (exact) mass is 326 g/mol. The van der Waals surface area contributed by atoms with Crippen LogP contribution in [0.2, 0.25) is 0 Å². The van der Waals surface area contributed by atoms with Gasteiger partial charge in [-0.3, -0.25) is 9.48 Å². The third kappa shape index (κ3) is 4.45. The summed E-state index contributed by atoms with van der Waals surface area (Å²) in [4.78, 5) is 14.8. The van der Waals surface area contributed by atoms with Gasteiger partial charge in [-0.15, -0.1) is 0 Å². The van der Waals surface area contributed by atoms with Gasteiger partial charge in [0.2, 0.25) is 0 Å². The summed E-state index contributed by atoms with van der Waals surface area (Å²) in [6.45, 7) is 3.16. The second kappa shape index (κ2) is 8.11. The number of likely N-dealkylation sites (tertiary alicyclic amines) is 1. The molecule has 2 heterocycles. The Labute approximate surface area is 143 Å². The van der Waals surface area contributed by atoms with Crippen LogP contribution in [0, 0.1) is 0 Å². The molecule has 0 unspecified atom stereocenters. The molecule has 5 nitrogen and oxygen atoms in total. The van der Waals surface area contributed by atoms with Crippen LogP contribution in [0.25, 0.3) is 0 Å². The topological polar surface area (TPSA) is 50.2 Å². The minimum Gasteiger partial charge on any atom is -0.347 e. The normalized spacial score (nSPS) is 18.5. The Bertz CT molecular complexity index is 652. The summed E-state index contributed by atoms with van der Waals surface area (Å²) in [5.41, 5.74) is 2.02. The van der Waals surface area contributed by atoms with E-state index >= 15 is 0 Å². The van der Waals surface area contributed by atoms with Gasteiger partial charge in [0.1, 0.15) is 5.69 Å². The standard InChI is InChI=1S/C19H26N4O/c1-22-18(11-12-20-22)19(24)21-17-10-6-14-23(15-17)13-5-9-16-7-3-2-4-8-16/h2-4,7-8,11-12,17H,5-6,9-10,13-15H2,1H3,(H,21,24)/t17-/m0/s1. The number of amides is 1. The first-order valence-corrected chi connectivity index (χ1v) is 8.77. The average molecular weight is 326 g/mol. The molecule has 24 heavy (non-hydrogen) atoms.